The number of carbonyl (C=O) groups is 1. The van der Waals surface area contributed by atoms with Crippen LogP contribution in [-0.4, -0.2) is 58.7 Å². The minimum Gasteiger partial charge on any atom is -0.489 e. The van der Waals surface area contributed by atoms with E-state index in [1.54, 1.807) is 0 Å². The van der Waals surface area contributed by atoms with Gasteiger partial charge in [-0.2, -0.15) is 5.10 Å². The van der Waals surface area contributed by atoms with Gasteiger partial charge in [-0.15, -0.1) is 0 Å². The molecular weight excluding hydrogens is 516 g/mol. The minimum atomic E-state index is -0.357. The summed E-state index contributed by atoms with van der Waals surface area (Å²) in [6, 6.07) is 23.3. The Morgan fingerprint density at radius 2 is 1.77 bits per heavy atom. The van der Waals surface area contributed by atoms with Gasteiger partial charge in [0.2, 0.25) is 5.91 Å². The number of amides is 1. The largest absolute Gasteiger partial charge is 0.489 e. The average molecular weight is 543 g/mol. The Morgan fingerprint density at radius 1 is 1.00 bits per heavy atom. The van der Waals surface area contributed by atoms with Crippen LogP contribution in [0.25, 0.3) is 21.8 Å². The van der Waals surface area contributed by atoms with Crippen LogP contribution < -0.4 is 20.5 Å². The van der Waals surface area contributed by atoms with Crippen molar-refractivity contribution in [3.8, 4) is 5.75 Å². The summed E-state index contributed by atoms with van der Waals surface area (Å²) < 4.78 is 5.99. The van der Waals surface area contributed by atoms with Crippen molar-refractivity contribution in [1.29, 1.82) is 0 Å². The van der Waals surface area contributed by atoms with E-state index in [-0.39, 0.29) is 18.0 Å². The van der Waals surface area contributed by atoms with Crippen LogP contribution in [0.15, 0.2) is 77.6 Å². The maximum atomic E-state index is 13.0. The number of hydrogen-bond acceptors (Lipinski definition) is 6. The van der Waals surface area contributed by atoms with Crippen LogP contribution in [-0.2, 0) is 11.4 Å². The maximum absolute atomic E-state index is 13.0. The number of hydrogen-bond donors (Lipinski definition) is 3. The summed E-state index contributed by atoms with van der Waals surface area (Å²) in [7, 11) is 0. The summed E-state index contributed by atoms with van der Waals surface area (Å²) in [5, 5.41) is 11.6. The zero-order chi connectivity index (χ0) is 26.8. The molecule has 0 atom stereocenters. The number of rotatable bonds is 7. The molecule has 39 heavy (non-hydrogen) atoms. The molecule has 1 aliphatic rings. The highest BCUT2D eigenvalue weighted by Crippen LogP contribution is 2.31. The van der Waals surface area contributed by atoms with Crippen LogP contribution in [0, 0.1) is 0 Å². The summed E-state index contributed by atoms with van der Waals surface area (Å²) in [5.41, 5.74) is 2.92. The first-order valence-corrected chi connectivity index (χ1v) is 13.1. The van der Waals surface area contributed by atoms with E-state index in [9.17, 15) is 9.59 Å². The monoisotopic (exact) mass is 542 g/mol. The van der Waals surface area contributed by atoms with E-state index in [1.807, 2.05) is 72.8 Å². The fourth-order valence-electron chi connectivity index (χ4n) is 4.92. The second-order valence-corrected chi connectivity index (χ2v) is 9.98. The number of nitrogens with one attached hydrogen (secondary N) is 3. The lowest BCUT2D eigenvalue weighted by Gasteiger charge is -2.35. The molecule has 2 aromatic heterocycles. The quantitative estimate of drug-likeness (QED) is 0.281. The van der Waals surface area contributed by atoms with Crippen molar-refractivity contribution < 1.29 is 9.53 Å². The van der Waals surface area contributed by atoms with Crippen LogP contribution in [0.3, 0.4) is 0 Å². The summed E-state index contributed by atoms with van der Waals surface area (Å²) in [6.07, 6.45) is 0. The molecule has 1 amide bonds. The number of ether oxygens (including phenoxy) is 1. The lowest BCUT2D eigenvalue weighted by atomic mass is 10.2. The fourth-order valence-corrected chi connectivity index (χ4v) is 5.04. The number of benzene rings is 3. The third-order valence-electron chi connectivity index (χ3n) is 6.94. The number of fused-ring (bicyclic) bond motifs is 3. The molecular formula is C29H27ClN6O3. The predicted molar refractivity (Wildman–Crippen MR) is 154 cm³/mol. The van der Waals surface area contributed by atoms with Gasteiger partial charge in [0.05, 0.1) is 11.9 Å². The van der Waals surface area contributed by atoms with Gasteiger partial charge in [0.1, 0.15) is 17.9 Å². The zero-order valence-corrected chi connectivity index (χ0v) is 21.9. The van der Waals surface area contributed by atoms with Crippen molar-refractivity contribution in [2.24, 2.45) is 0 Å². The Hall–Kier alpha value is -4.34. The van der Waals surface area contributed by atoms with Gasteiger partial charge in [0.25, 0.3) is 5.56 Å². The van der Waals surface area contributed by atoms with Crippen molar-refractivity contribution in [2.75, 3.05) is 42.9 Å². The number of H-pyrrole nitrogens is 2. The molecule has 3 aromatic carbocycles. The van der Waals surface area contributed by atoms with Crippen LogP contribution in [0.5, 0.6) is 5.75 Å². The smallest absolute Gasteiger partial charge is 0.288 e. The van der Waals surface area contributed by atoms with Crippen LogP contribution in [0.2, 0.25) is 5.02 Å². The lowest BCUT2D eigenvalue weighted by Crippen LogP contribution is -2.48. The van der Waals surface area contributed by atoms with E-state index < -0.39 is 0 Å². The molecule has 5 aromatic rings. The molecule has 10 heteroatoms. The summed E-state index contributed by atoms with van der Waals surface area (Å²) >= 11 is 6.01. The van der Waals surface area contributed by atoms with E-state index in [0.717, 1.165) is 48.3 Å². The Balaban J connectivity index is 1.16. The average Bonchev–Trinajstić information content (AvgIpc) is 3.35. The molecule has 0 radical (unpaired) electrons. The van der Waals surface area contributed by atoms with E-state index in [1.165, 1.54) is 0 Å². The Kier molecular flexibility index (Phi) is 6.91. The lowest BCUT2D eigenvalue weighted by molar-refractivity contribution is -0.117. The van der Waals surface area contributed by atoms with Gasteiger partial charge in [-0.1, -0.05) is 41.9 Å². The highest BCUT2D eigenvalue weighted by Gasteiger charge is 2.21. The van der Waals surface area contributed by atoms with E-state index in [0.29, 0.717) is 34.1 Å². The molecule has 9 nitrogen and oxygen atoms in total. The molecule has 0 unspecified atom stereocenters. The first-order chi connectivity index (χ1) is 19.0. The highest BCUT2D eigenvalue weighted by atomic mass is 35.5. The zero-order valence-electron chi connectivity index (χ0n) is 21.1. The number of carbonyl (C=O) groups excluding carboxylic acids is 1. The summed E-state index contributed by atoms with van der Waals surface area (Å²) in [5.74, 6) is 0.769. The van der Waals surface area contributed by atoms with E-state index >= 15 is 0 Å². The number of aromatic amines is 2. The molecule has 1 fully saturated rings. The highest BCUT2D eigenvalue weighted by molar-refractivity contribution is 6.30. The number of halogens is 1. The first-order valence-electron chi connectivity index (χ1n) is 12.8. The van der Waals surface area contributed by atoms with Crippen LogP contribution >= 0.6 is 11.6 Å². The first kappa shape index (κ1) is 25.0. The van der Waals surface area contributed by atoms with Crippen molar-refractivity contribution in [3.05, 3.63) is 93.7 Å². The van der Waals surface area contributed by atoms with Crippen molar-refractivity contribution in [1.82, 2.24) is 20.1 Å². The van der Waals surface area contributed by atoms with Gasteiger partial charge < -0.3 is 19.9 Å². The van der Waals surface area contributed by atoms with E-state index in [2.05, 4.69) is 30.3 Å². The molecule has 198 valence electrons. The SMILES string of the molecule is O=C(CN1CCN(c2ccc(Cl)cc2)CC1)Nc1n[nH]c(=O)c2[nH]c3ccc(OCc4ccccc4)cc3c12. The number of nitrogens with zero attached hydrogens (tertiary/aromatic N) is 3. The molecule has 3 heterocycles. The third-order valence-corrected chi connectivity index (χ3v) is 7.19. The van der Waals surface area contributed by atoms with Crippen molar-refractivity contribution in [2.45, 2.75) is 6.61 Å². The van der Waals surface area contributed by atoms with E-state index in [4.69, 9.17) is 16.3 Å². The normalized spacial score (nSPS) is 14.1. The summed E-state index contributed by atoms with van der Waals surface area (Å²) in [6.45, 7) is 3.76. The Morgan fingerprint density at radius 3 is 2.54 bits per heavy atom. The van der Waals surface area contributed by atoms with Crippen LogP contribution in [0.1, 0.15) is 5.56 Å². The van der Waals surface area contributed by atoms with Gasteiger partial charge >= 0.3 is 0 Å². The minimum absolute atomic E-state index is 0.193. The molecule has 1 aliphatic heterocycles. The van der Waals surface area contributed by atoms with Crippen LogP contribution in [0.4, 0.5) is 11.5 Å². The molecule has 0 spiro atoms. The number of anilines is 2. The number of piperazine rings is 1. The standard InChI is InChI=1S/C29H27ClN6O3/c30-20-6-8-21(9-7-20)36-14-12-35(13-15-36)17-25(37)32-28-26-23-16-22(39-18-19-4-2-1-3-5-19)10-11-24(23)31-27(26)29(38)34-33-28/h1-11,16,31H,12-15,17-18H2,(H,34,38)(H,32,33,37). The van der Waals surface area contributed by atoms with Gasteiger partial charge in [0, 0.05) is 47.8 Å². The van der Waals surface area contributed by atoms with Gasteiger partial charge in [-0.3, -0.25) is 14.5 Å². The second kappa shape index (κ2) is 10.8. The molecule has 0 saturated carbocycles. The topological polar surface area (TPSA) is 106 Å². The summed E-state index contributed by atoms with van der Waals surface area (Å²) in [4.78, 5) is 33.1. The molecule has 6 rings (SSSR count). The Labute approximate surface area is 229 Å². The third kappa shape index (κ3) is 5.45. The molecule has 3 N–H and O–H groups in total. The van der Waals surface area contributed by atoms with Gasteiger partial charge in [-0.25, -0.2) is 5.10 Å². The fraction of sp³-hybridized carbons (Fsp3) is 0.207. The number of aromatic nitrogens is 3. The van der Waals surface area contributed by atoms with Gasteiger partial charge in [-0.05, 0) is 48.0 Å². The molecule has 0 aliphatic carbocycles. The Bertz CT molecular complexity index is 1680. The van der Waals surface area contributed by atoms with Crippen molar-refractivity contribution in [3.63, 3.8) is 0 Å². The van der Waals surface area contributed by atoms with Crippen molar-refractivity contribution >= 4 is 50.8 Å². The second-order valence-electron chi connectivity index (χ2n) is 9.55. The molecule has 0 bridgehead atoms. The predicted octanol–water partition coefficient (Wildman–Crippen LogP) is 4.40. The maximum Gasteiger partial charge on any atom is 0.288 e. The van der Waals surface area contributed by atoms with Gasteiger partial charge in [0.15, 0.2) is 5.82 Å². The molecule has 1 saturated heterocycles.